The molecule has 2 aromatic carbocycles. The van der Waals surface area contributed by atoms with Gasteiger partial charge in [-0.3, -0.25) is 4.79 Å². The SMILES string of the molecule is O=C(NCCc1cccc(F)c1)c1cc2cc(F)ccc2c(=O)o1. The van der Waals surface area contributed by atoms with Gasteiger partial charge in [-0.25, -0.2) is 13.6 Å². The molecule has 0 atom stereocenters. The van der Waals surface area contributed by atoms with Crippen molar-refractivity contribution in [1.82, 2.24) is 5.32 Å². The van der Waals surface area contributed by atoms with E-state index in [2.05, 4.69) is 5.32 Å². The number of fused-ring (bicyclic) bond motifs is 1. The van der Waals surface area contributed by atoms with Gasteiger partial charge in [0.05, 0.1) is 5.39 Å². The summed E-state index contributed by atoms with van der Waals surface area (Å²) in [6, 6.07) is 11.0. The number of amides is 1. The molecule has 0 unspecified atom stereocenters. The lowest BCUT2D eigenvalue weighted by Crippen LogP contribution is -2.26. The van der Waals surface area contributed by atoms with Crippen LogP contribution in [0.5, 0.6) is 0 Å². The number of hydrogen-bond acceptors (Lipinski definition) is 3. The minimum atomic E-state index is -0.706. The largest absolute Gasteiger partial charge is 0.417 e. The number of nitrogens with one attached hydrogen (secondary N) is 1. The monoisotopic (exact) mass is 329 g/mol. The highest BCUT2D eigenvalue weighted by Gasteiger charge is 2.12. The molecule has 3 rings (SSSR count). The Bertz CT molecular complexity index is 966. The van der Waals surface area contributed by atoms with Gasteiger partial charge in [-0.15, -0.1) is 0 Å². The third kappa shape index (κ3) is 3.48. The van der Waals surface area contributed by atoms with Crippen LogP contribution in [-0.4, -0.2) is 12.5 Å². The molecule has 0 fully saturated rings. The number of benzene rings is 2. The van der Waals surface area contributed by atoms with Gasteiger partial charge in [0.1, 0.15) is 11.6 Å². The van der Waals surface area contributed by atoms with E-state index in [1.807, 2.05) is 0 Å². The van der Waals surface area contributed by atoms with Crippen molar-refractivity contribution in [3.8, 4) is 0 Å². The number of hydrogen-bond donors (Lipinski definition) is 1. The second-order valence-electron chi connectivity index (χ2n) is 5.27. The molecule has 0 radical (unpaired) electrons. The van der Waals surface area contributed by atoms with E-state index in [4.69, 9.17) is 4.42 Å². The Kier molecular flexibility index (Phi) is 4.37. The molecule has 4 nitrogen and oxygen atoms in total. The van der Waals surface area contributed by atoms with E-state index < -0.39 is 17.3 Å². The van der Waals surface area contributed by atoms with Crippen LogP contribution in [0.1, 0.15) is 16.1 Å². The second-order valence-corrected chi connectivity index (χ2v) is 5.27. The van der Waals surface area contributed by atoms with Gasteiger partial charge in [-0.2, -0.15) is 0 Å². The number of halogens is 2. The van der Waals surface area contributed by atoms with Gasteiger partial charge in [0, 0.05) is 6.54 Å². The first-order valence-corrected chi connectivity index (χ1v) is 7.29. The molecule has 122 valence electrons. The fraction of sp³-hybridized carbons (Fsp3) is 0.111. The topological polar surface area (TPSA) is 59.3 Å². The molecule has 0 aliphatic carbocycles. The van der Waals surface area contributed by atoms with Crippen molar-refractivity contribution >= 4 is 16.7 Å². The van der Waals surface area contributed by atoms with Crippen molar-refractivity contribution in [2.45, 2.75) is 6.42 Å². The molecule has 6 heteroatoms. The fourth-order valence-corrected chi connectivity index (χ4v) is 2.38. The van der Waals surface area contributed by atoms with Crippen LogP contribution in [-0.2, 0) is 6.42 Å². The Morgan fingerprint density at radius 3 is 2.62 bits per heavy atom. The number of carbonyl (C=O) groups is 1. The van der Waals surface area contributed by atoms with E-state index >= 15 is 0 Å². The molecule has 0 bridgehead atoms. The van der Waals surface area contributed by atoms with Crippen LogP contribution >= 0.6 is 0 Å². The van der Waals surface area contributed by atoms with Gasteiger partial charge in [-0.1, -0.05) is 12.1 Å². The maximum Gasteiger partial charge on any atom is 0.344 e. The lowest BCUT2D eigenvalue weighted by molar-refractivity contribution is 0.0922. The molecule has 0 aliphatic rings. The van der Waals surface area contributed by atoms with Crippen LogP contribution in [0.4, 0.5) is 8.78 Å². The molecular formula is C18H13F2NO3. The van der Waals surface area contributed by atoms with Crippen molar-refractivity contribution in [2.24, 2.45) is 0 Å². The third-order valence-corrected chi connectivity index (χ3v) is 3.53. The summed E-state index contributed by atoms with van der Waals surface area (Å²) in [5.74, 6) is -1.64. The molecule has 1 amide bonds. The zero-order valence-corrected chi connectivity index (χ0v) is 12.5. The van der Waals surface area contributed by atoms with Crippen LogP contribution in [0.3, 0.4) is 0 Å². The maximum atomic E-state index is 13.3. The van der Waals surface area contributed by atoms with Crippen molar-refractivity contribution in [3.05, 3.63) is 81.9 Å². The lowest BCUT2D eigenvalue weighted by atomic mass is 10.1. The van der Waals surface area contributed by atoms with Crippen LogP contribution in [0, 0.1) is 11.6 Å². The summed E-state index contributed by atoms with van der Waals surface area (Å²) >= 11 is 0. The van der Waals surface area contributed by atoms with Gasteiger partial charge < -0.3 is 9.73 Å². The summed E-state index contributed by atoms with van der Waals surface area (Å²) in [5, 5.41) is 3.08. The molecule has 0 spiro atoms. The summed E-state index contributed by atoms with van der Waals surface area (Å²) < 4.78 is 31.3. The van der Waals surface area contributed by atoms with E-state index in [9.17, 15) is 18.4 Å². The molecule has 1 aromatic heterocycles. The molecular weight excluding hydrogens is 316 g/mol. The zero-order valence-electron chi connectivity index (χ0n) is 12.5. The molecule has 3 aromatic rings. The highest BCUT2D eigenvalue weighted by Crippen LogP contribution is 2.14. The fourth-order valence-electron chi connectivity index (χ4n) is 2.38. The highest BCUT2D eigenvalue weighted by atomic mass is 19.1. The molecule has 1 N–H and O–H groups in total. The average Bonchev–Trinajstić information content (AvgIpc) is 2.54. The Labute approximate surface area is 135 Å². The lowest BCUT2D eigenvalue weighted by Gasteiger charge is -2.06. The van der Waals surface area contributed by atoms with Crippen molar-refractivity contribution < 1.29 is 18.0 Å². The van der Waals surface area contributed by atoms with Gasteiger partial charge >= 0.3 is 5.63 Å². The van der Waals surface area contributed by atoms with Crippen LogP contribution in [0.2, 0.25) is 0 Å². The van der Waals surface area contributed by atoms with E-state index in [0.717, 1.165) is 17.7 Å². The Hall–Kier alpha value is -3.02. The quantitative estimate of drug-likeness (QED) is 0.800. The number of carbonyl (C=O) groups excluding carboxylic acids is 1. The molecule has 0 saturated heterocycles. The van der Waals surface area contributed by atoms with Gasteiger partial charge in [-0.05, 0) is 53.8 Å². The van der Waals surface area contributed by atoms with E-state index in [1.165, 1.54) is 24.3 Å². The summed E-state index contributed by atoms with van der Waals surface area (Å²) in [6.07, 6.45) is 0.427. The standard InChI is InChI=1S/C18H13F2NO3/c19-13-3-1-2-11(8-13)6-7-21-17(22)16-10-12-9-14(20)4-5-15(12)18(23)24-16/h1-5,8-10H,6-7H2,(H,21,22). The first kappa shape index (κ1) is 15.9. The molecule has 0 saturated carbocycles. The van der Waals surface area contributed by atoms with Crippen molar-refractivity contribution in [1.29, 1.82) is 0 Å². The van der Waals surface area contributed by atoms with E-state index in [-0.39, 0.29) is 23.5 Å². The minimum Gasteiger partial charge on any atom is -0.417 e. The van der Waals surface area contributed by atoms with Gasteiger partial charge in [0.25, 0.3) is 5.91 Å². The summed E-state index contributed by atoms with van der Waals surface area (Å²) in [6.45, 7) is 0.243. The average molecular weight is 329 g/mol. The Balaban J connectivity index is 1.73. The van der Waals surface area contributed by atoms with Crippen LogP contribution in [0.25, 0.3) is 10.8 Å². The van der Waals surface area contributed by atoms with Gasteiger partial charge in [0.2, 0.25) is 0 Å². The van der Waals surface area contributed by atoms with E-state index in [0.29, 0.717) is 11.8 Å². The smallest absolute Gasteiger partial charge is 0.344 e. The van der Waals surface area contributed by atoms with Gasteiger partial charge in [0.15, 0.2) is 5.76 Å². The predicted molar refractivity (Wildman–Crippen MR) is 84.9 cm³/mol. The third-order valence-electron chi connectivity index (χ3n) is 3.53. The van der Waals surface area contributed by atoms with Crippen molar-refractivity contribution in [3.63, 3.8) is 0 Å². The van der Waals surface area contributed by atoms with Crippen LogP contribution in [0.15, 0.2) is 57.7 Å². The molecule has 1 heterocycles. The second kappa shape index (κ2) is 6.62. The zero-order chi connectivity index (χ0) is 17.1. The molecule has 0 aliphatic heterocycles. The Morgan fingerprint density at radius 1 is 1.04 bits per heavy atom. The van der Waals surface area contributed by atoms with Crippen LogP contribution < -0.4 is 10.9 Å². The minimum absolute atomic E-state index is 0.197. The number of rotatable bonds is 4. The summed E-state index contributed by atoms with van der Waals surface area (Å²) in [4.78, 5) is 23.9. The Morgan fingerprint density at radius 2 is 1.83 bits per heavy atom. The first-order valence-electron chi connectivity index (χ1n) is 7.29. The predicted octanol–water partition coefficient (Wildman–Crippen LogP) is 3.04. The van der Waals surface area contributed by atoms with E-state index in [1.54, 1.807) is 12.1 Å². The highest BCUT2D eigenvalue weighted by molar-refractivity contribution is 5.95. The normalized spacial score (nSPS) is 10.8. The molecule has 24 heavy (non-hydrogen) atoms. The summed E-state index contributed by atoms with van der Waals surface area (Å²) in [5.41, 5.74) is 0.0279. The van der Waals surface area contributed by atoms with Crippen molar-refractivity contribution in [2.75, 3.05) is 6.54 Å². The summed E-state index contributed by atoms with van der Waals surface area (Å²) in [7, 11) is 0. The first-order chi connectivity index (χ1) is 11.5. The maximum absolute atomic E-state index is 13.3.